The van der Waals surface area contributed by atoms with Crippen molar-refractivity contribution in [2.24, 2.45) is 0 Å². The van der Waals surface area contributed by atoms with Crippen LogP contribution >= 0.6 is 11.3 Å². The molecule has 0 bridgehead atoms. The van der Waals surface area contributed by atoms with Crippen molar-refractivity contribution in [2.75, 3.05) is 24.3 Å². The largest absolute Gasteiger partial charge is 0.397 e. The summed E-state index contributed by atoms with van der Waals surface area (Å²) in [7, 11) is 0. The van der Waals surface area contributed by atoms with Gasteiger partial charge >= 0.3 is 0 Å². The summed E-state index contributed by atoms with van der Waals surface area (Å²) < 4.78 is 7.79. The Morgan fingerprint density at radius 1 is 1.03 bits per heavy atom. The summed E-state index contributed by atoms with van der Waals surface area (Å²) >= 11 is 1.67. The van der Waals surface area contributed by atoms with Gasteiger partial charge in [-0.2, -0.15) is 0 Å². The summed E-state index contributed by atoms with van der Waals surface area (Å²) in [4.78, 5) is 22.5. The molecule has 2 aromatic carbocycles. The lowest BCUT2D eigenvalue weighted by molar-refractivity contribution is 0.0630. The number of ether oxygens (including phenoxy) is 1. The number of hydrogen-bond donors (Lipinski definition) is 2. The van der Waals surface area contributed by atoms with Gasteiger partial charge in [0.15, 0.2) is 0 Å². The van der Waals surface area contributed by atoms with Gasteiger partial charge in [0.05, 0.1) is 34.4 Å². The van der Waals surface area contributed by atoms with Crippen LogP contribution < -0.4 is 11.1 Å². The Bertz CT molecular complexity index is 1530. The number of hydrogen-bond acceptors (Lipinski definition) is 6. The number of pyridine rings is 1. The smallest absolute Gasteiger partial charge is 0.255 e. The first-order chi connectivity index (χ1) is 17.6. The van der Waals surface area contributed by atoms with Gasteiger partial charge in [0.25, 0.3) is 5.91 Å². The fourth-order valence-corrected chi connectivity index (χ4v) is 5.92. The Labute approximate surface area is 212 Å². The maximum absolute atomic E-state index is 12.8. The van der Waals surface area contributed by atoms with Crippen molar-refractivity contribution in [2.45, 2.75) is 18.3 Å². The van der Waals surface area contributed by atoms with Crippen molar-refractivity contribution < 1.29 is 9.53 Å². The Balaban J connectivity index is 1.31. The standard InChI is InChI=1S/C28H25N5O2S/c29-21-5-1-2-6-22(21)31-26(34)19-8-10-20(11-9-19)28(12-15-35-16-13-28)27-32-23(18-36-27)24-17-30-25-7-3-4-14-33(24)25/h1-11,14,17-18H,12-13,15-16,29H2,(H,31,34). The first-order valence-electron chi connectivity index (χ1n) is 11.9. The summed E-state index contributed by atoms with van der Waals surface area (Å²) in [6, 6.07) is 21.1. The van der Waals surface area contributed by atoms with Gasteiger partial charge in [-0.05, 0) is 54.8 Å². The third-order valence-electron chi connectivity index (χ3n) is 6.85. The molecule has 1 fully saturated rings. The number of rotatable bonds is 5. The molecule has 4 heterocycles. The molecule has 1 amide bonds. The minimum atomic E-state index is -0.263. The fraction of sp³-hybridized carbons (Fsp3) is 0.179. The number of benzene rings is 2. The first-order valence-corrected chi connectivity index (χ1v) is 12.7. The van der Waals surface area contributed by atoms with Gasteiger partial charge in [-0.1, -0.05) is 30.3 Å². The van der Waals surface area contributed by atoms with Crippen LogP contribution in [0.15, 0.2) is 84.5 Å². The molecular weight excluding hydrogens is 470 g/mol. The van der Waals surface area contributed by atoms with E-state index in [4.69, 9.17) is 15.5 Å². The quantitative estimate of drug-likeness (QED) is 0.319. The second-order valence-electron chi connectivity index (χ2n) is 8.92. The lowest BCUT2D eigenvalue weighted by atomic mass is 9.74. The predicted molar refractivity (Wildman–Crippen MR) is 142 cm³/mol. The lowest BCUT2D eigenvalue weighted by Crippen LogP contribution is -2.35. The average molecular weight is 496 g/mol. The van der Waals surface area contributed by atoms with Crippen LogP contribution in [0.4, 0.5) is 11.4 Å². The molecule has 5 aromatic rings. The number of nitrogens with zero attached hydrogens (tertiary/aromatic N) is 3. The summed E-state index contributed by atoms with van der Waals surface area (Å²) in [5.41, 5.74) is 11.4. The molecule has 3 aromatic heterocycles. The van der Waals surface area contributed by atoms with Crippen LogP contribution in [0.2, 0.25) is 0 Å². The van der Waals surface area contributed by atoms with E-state index in [1.54, 1.807) is 23.5 Å². The summed E-state index contributed by atoms with van der Waals surface area (Å²) in [5.74, 6) is -0.190. The van der Waals surface area contributed by atoms with Crippen LogP contribution in [0, 0.1) is 0 Å². The van der Waals surface area contributed by atoms with Crippen LogP contribution in [-0.2, 0) is 10.2 Å². The SMILES string of the molecule is Nc1ccccc1NC(=O)c1ccc(C2(c3nc(-c4cnc5ccccn45)cs3)CCOCC2)cc1. The molecule has 1 aliphatic heterocycles. The summed E-state index contributed by atoms with van der Waals surface area (Å²) in [6.07, 6.45) is 5.55. The van der Waals surface area contributed by atoms with Crippen molar-refractivity contribution in [3.05, 3.63) is 101 Å². The van der Waals surface area contributed by atoms with Gasteiger partial charge in [-0.15, -0.1) is 11.3 Å². The topological polar surface area (TPSA) is 94.5 Å². The highest BCUT2D eigenvalue weighted by atomic mass is 32.1. The monoisotopic (exact) mass is 495 g/mol. The molecule has 7 nitrogen and oxygen atoms in total. The highest BCUT2D eigenvalue weighted by molar-refractivity contribution is 7.10. The normalized spacial score (nSPS) is 15.1. The highest BCUT2D eigenvalue weighted by Gasteiger charge is 2.39. The van der Waals surface area contributed by atoms with Crippen molar-refractivity contribution >= 4 is 34.3 Å². The minimum Gasteiger partial charge on any atom is -0.397 e. The van der Waals surface area contributed by atoms with E-state index in [-0.39, 0.29) is 11.3 Å². The number of anilines is 2. The molecule has 8 heteroatoms. The maximum Gasteiger partial charge on any atom is 0.255 e. The van der Waals surface area contributed by atoms with Crippen LogP contribution in [-0.4, -0.2) is 33.5 Å². The van der Waals surface area contributed by atoms with Crippen molar-refractivity contribution in [1.29, 1.82) is 0 Å². The third kappa shape index (κ3) is 3.94. The highest BCUT2D eigenvalue weighted by Crippen LogP contribution is 2.43. The number of imidazole rings is 1. The van der Waals surface area contributed by atoms with Crippen molar-refractivity contribution in [3.8, 4) is 11.4 Å². The molecule has 6 rings (SSSR count). The van der Waals surface area contributed by atoms with E-state index < -0.39 is 0 Å². The van der Waals surface area contributed by atoms with E-state index in [0.717, 1.165) is 40.4 Å². The number of aromatic nitrogens is 3. The number of fused-ring (bicyclic) bond motifs is 1. The number of carbonyl (C=O) groups excluding carboxylic acids is 1. The molecule has 0 aliphatic carbocycles. The molecular formula is C28H25N5O2S. The minimum absolute atomic E-state index is 0.190. The second-order valence-corrected chi connectivity index (χ2v) is 9.78. The molecule has 1 saturated heterocycles. The number of nitrogens with one attached hydrogen (secondary N) is 1. The summed E-state index contributed by atoms with van der Waals surface area (Å²) in [5, 5.41) is 6.06. The van der Waals surface area contributed by atoms with Gasteiger partial charge in [-0.3, -0.25) is 9.20 Å². The molecule has 3 N–H and O–H groups in total. The van der Waals surface area contributed by atoms with Crippen molar-refractivity contribution in [1.82, 2.24) is 14.4 Å². The van der Waals surface area contributed by atoms with Gasteiger partial charge in [0.2, 0.25) is 0 Å². The second kappa shape index (κ2) is 9.22. The zero-order valence-corrected chi connectivity index (χ0v) is 20.4. The zero-order chi connectivity index (χ0) is 24.5. The van der Waals surface area contributed by atoms with Crippen LogP contribution in [0.1, 0.15) is 33.8 Å². The van der Waals surface area contributed by atoms with Crippen molar-refractivity contribution in [3.63, 3.8) is 0 Å². The molecule has 0 unspecified atom stereocenters. The number of carbonyl (C=O) groups is 1. The average Bonchev–Trinajstić information content (AvgIpc) is 3.58. The lowest BCUT2D eigenvalue weighted by Gasteiger charge is -2.36. The number of para-hydroxylation sites is 2. The van der Waals surface area contributed by atoms with Crippen LogP contribution in [0.3, 0.4) is 0 Å². The maximum atomic E-state index is 12.8. The number of thiazole rings is 1. The Hall–Kier alpha value is -4.01. The van der Waals surface area contributed by atoms with Crippen LogP contribution in [0.5, 0.6) is 0 Å². The van der Waals surface area contributed by atoms with E-state index in [1.165, 1.54) is 0 Å². The molecule has 0 spiro atoms. The molecule has 0 atom stereocenters. The number of amides is 1. The summed E-state index contributed by atoms with van der Waals surface area (Å²) in [6.45, 7) is 1.33. The van der Waals surface area contributed by atoms with Crippen LogP contribution in [0.25, 0.3) is 17.0 Å². The van der Waals surface area contributed by atoms with Gasteiger partial charge in [0, 0.05) is 30.4 Å². The fourth-order valence-electron chi connectivity index (χ4n) is 4.83. The van der Waals surface area contributed by atoms with E-state index >= 15 is 0 Å². The van der Waals surface area contributed by atoms with Gasteiger partial charge < -0.3 is 15.8 Å². The number of nitrogen functional groups attached to an aromatic ring is 1. The zero-order valence-electron chi connectivity index (χ0n) is 19.6. The van der Waals surface area contributed by atoms with Gasteiger partial charge in [0.1, 0.15) is 10.7 Å². The molecule has 0 saturated carbocycles. The van der Waals surface area contributed by atoms with E-state index in [1.807, 2.05) is 67.0 Å². The molecule has 0 radical (unpaired) electrons. The molecule has 1 aliphatic rings. The predicted octanol–water partition coefficient (Wildman–Crippen LogP) is 5.39. The number of nitrogens with two attached hydrogens (primary N) is 1. The Kier molecular flexibility index (Phi) is 5.75. The van der Waals surface area contributed by atoms with E-state index in [2.05, 4.69) is 20.1 Å². The van der Waals surface area contributed by atoms with E-state index in [0.29, 0.717) is 30.2 Å². The molecule has 180 valence electrons. The van der Waals surface area contributed by atoms with E-state index in [9.17, 15) is 4.79 Å². The van der Waals surface area contributed by atoms with Gasteiger partial charge in [-0.25, -0.2) is 9.97 Å². The third-order valence-corrected chi connectivity index (χ3v) is 7.89. The molecule has 36 heavy (non-hydrogen) atoms. The Morgan fingerprint density at radius 3 is 2.61 bits per heavy atom. The first kappa shape index (κ1) is 22.5. The Morgan fingerprint density at radius 2 is 1.81 bits per heavy atom.